The van der Waals surface area contributed by atoms with E-state index in [1.165, 1.54) is 18.2 Å². The molecule has 0 aliphatic rings. The van der Waals surface area contributed by atoms with E-state index in [9.17, 15) is 12.8 Å². The molecule has 100 valence electrons. The number of hydrogen-bond donors (Lipinski definition) is 1. The van der Waals surface area contributed by atoms with Gasteiger partial charge in [-0.3, -0.25) is 4.98 Å². The number of rotatable bonds is 4. The van der Waals surface area contributed by atoms with Gasteiger partial charge >= 0.3 is 0 Å². The number of halogens is 1. The first-order chi connectivity index (χ1) is 8.99. The summed E-state index contributed by atoms with van der Waals surface area (Å²) < 4.78 is 39.7. The minimum absolute atomic E-state index is 0.0942. The summed E-state index contributed by atoms with van der Waals surface area (Å²) in [7, 11) is -3.75. The highest BCUT2D eigenvalue weighted by atomic mass is 32.2. The van der Waals surface area contributed by atoms with E-state index in [0.717, 1.165) is 11.6 Å². The quantitative estimate of drug-likeness (QED) is 0.934. The Labute approximate surface area is 111 Å². The summed E-state index contributed by atoms with van der Waals surface area (Å²) in [5.41, 5.74) is 0.738. The molecule has 19 heavy (non-hydrogen) atoms. The molecule has 0 radical (unpaired) electrons. The lowest BCUT2D eigenvalue weighted by atomic mass is 10.2. The molecule has 1 aromatic heterocycles. The molecule has 0 amide bonds. The molecule has 1 N–H and O–H groups in total. The lowest BCUT2D eigenvalue weighted by molar-refractivity contribution is 0.563. The minimum Gasteiger partial charge on any atom is -0.264 e. The normalized spacial score (nSPS) is 13.2. The molecule has 2 aromatic rings. The van der Waals surface area contributed by atoms with Gasteiger partial charge < -0.3 is 0 Å². The molecule has 1 atom stereocenters. The molecule has 0 aliphatic heterocycles. The van der Waals surface area contributed by atoms with Crippen LogP contribution in [0.25, 0.3) is 0 Å². The molecule has 0 bridgehead atoms. The Morgan fingerprint density at radius 3 is 2.68 bits per heavy atom. The highest BCUT2D eigenvalue weighted by Crippen LogP contribution is 2.16. The van der Waals surface area contributed by atoms with E-state index in [4.69, 9.17) is 0 Å². The van der Waals surface area contributed by atoms with Crippen molar-refractivity contribution < 1.29 is 12.8 Å². The number of aromatic nitrogens is 1. The molecule has 4 nitrogen and oxygen atoms in total. The zero-order chi connectivity index (χ0) is 13.9. The van der Waals surface area contributed by atoms with Gasteiger partial charge in [-0.15, -0.1) is 0 Å². The van der Waals surface area contributed by atoms with E-state index in [1.54, 1.807) is 31.5 Å². The molecule has 1 aromatic carbocycles. The molecular formula is C13H13FN2O2S. The number of hydrogen-bond acceptors (Lipinski definition) is 3. The van der Waals surface area contributed by atoms with E-state index in [-0.39, 0.29) is 4.90 Å². The average Bonchev–Trinajstić information content (AvgIpc) is 2.39. The van der Waals surface area contributed by atoms with Crippen LogP contribution < -0.4 is 4.72 Å². The van der Waals surface area contributed by atoms with E-state index in [2.05, 4.69) is 9.71 Å². The van der Waals surface area contributed by atoms with Gasteiger partial charge in [-0.05, 0) is 36.8 Å². The molecule has 0 saturated carbocycles. The van der Waals surface area contributed by atoms with Crippen LogP contribution in [-0.2, 0) is 10.0 Å². The second-order valence-electron chi connectivity index (χ2n) is 4.09. The van der Waals surface area contributed by atoms with Gasteiger partial charge in [-0.1, -0.05) is 12.1 Å². The highest BCUT2D eigenvalue weighted by molar-refractivity contribution is 7.89. The van der Waals surface area contributed by atoms with Crippen LogP contribution in [0.15, 0.2) is 53.7 Å². The molecule has 0 fully saturated rings. The Hall–Kier alpha value is -1.79. The standard InChI is InChI=1S/C13H13FN2O2S/c1-10(11-4-3-7-15-9-11)16-19(17,18)13-6-2-5-12(14)8-13/h2-10,16H,1H3/t10-/m1/s1. The zero-order valence-corrected chi connectivity index (χ0v) is 11.1. The van der Waals surface area contributed by atoms with Crippen molar-refractivity contribution >= 4 is 10.0 Å². The smallest absolute Gasteiger partial charge is 0.241 e. The third-order valence-electron chi connectivity index (χ3n) is 2.62. The highest BCUT2D eigenvalue weighted by Gasteiger charge is 2.18. The van der Waals surface area contributed by atoms with Crippen molar-refractivity contribution in [2.75, 3.05) is 0 Å². The summed E-state index contributed by atoms with van der Waals surface area (Å²) in [6.07, 6.45) is 3.19. The molecule has 2 rings (SSSR count). The molecule has 0 saturated heterocycles. The van der Waals surface area contributed by atoms with Crippen molar-refractivity contribution in [3.63, 3.8) is 0 Å². The predicted molar refractivity (Wildman–Crippen MR) is 69.4 cm³/mol. The van der Waals surface area contributed by atoms with Crippen LogP contribution >= 0.6 is 0 Å². The van der Waals surface area contributed by atoms with Crippen molar-refractivity contribution in [3.05, 3.63) is 60.2 Å². The number of sulfonamides is 1. The monoisotopic (exact) mass is 280 g/mol. The van der Waals surface area contributed by atoms with Crippen LogP contribution in [0.2, 0.25) is 0 Å². The SMILES string of the molecule is C[C@@H](NS(=O)(=O)c1cccc(F)c1)c1cccnc1. The lowest BCUT2D eigenvalue weighted by Gasteiger charge is -2.14. The summed E-state index contributed by atoms with van der Waals surface area (Å²) >= 11 is 0. The fourth-order valence-corrected chi connectivity index (χ4v) is 2.90. The van der Waals surface area contributed by atoms with E-state index in [1.807, 2.05) is 0 Å². The lowest BCUT2D eigenvalue weighted by Crippen LogP contribution is -2.27. The van der Waals surface area contributed by atoms with Gasteiger partial charge in [-0.25, -0.2) is 17.5 Å². The first-order valence-electron chi connectivity index (χ1n) is 5.67. The number of nitrogens with one attached hydrogen (secondary N) is 1. The Morgan fingerprint density at radius 2 is 2.05 bits per heavy atom. The summed E-state index contributed by atoms with van der Waals surface area (Å²) in [5, 5.41) is 0. The topological polar surface area (TPSA) is 59.1 Å². The van der Waals surface area contributed by atoms with Gasteiger partial charge in [-0.2, -0.15) is 0 Å². The van der Waals surface area contributed by atoms with Gasteiger partial charge in [0, 0.05) is 18.4 Å². The number of benzene rings is 1. The van der Waals surface area contributed by atoms with Crippen LogP contribution in [0.5, 0.6) is 0 Å². The zero-order valence-electron chi connectivity index (χ0n) is 10.2. The van der Waals surface area contributed by atoms with Crippen LogP contribution in [0.4, 0.5) is 4.39 Å². The van der Waals surface area contributed by atoms with Gasteiger partial charge in [0.05, 0.1) is 4.90 Å². The predicted octanol–water partition coefficient (Wildman–Crippen LogP) is 2.26. The van der Waals surface area contributed by atoms with Crippen molar-refractivity contribution in [2.24, 2.45) is 0 Å². The maximum atomic E-state index is 13.1. The summed E-state index contributed by atoms with van der Waals surface area (Å²) in [6, 6.07) is 7.94. The Kier molecular flexibility index (Phi) is 3.92. The molecular weight excluding hydrogens is 267 g/mol. The third kappa shape index (κ3) is 3.36. The summed E-state index contributed by atoms with van der Waals surface area (Å²) in [4.78, 5) is 3.83. The molecule has 0 spiro atoms. The fourth-order valence-electron chi connectivity index (χ4n) is 1.64. The molecule has 0 unspecified atom stereocenters. The first kappa shape index (κ1) is 13.6. The Morgan fingerprint density at radius 1 is 1.26 bits per heavy atom. The Balaban J connectivity index is 2.23. The number of nitrogens with zero attached hydrogens (tertiary/aromatic N) is 1. The average molecular weight is 280 g/mol. The summed E-state index contributed by atoms with van der Waals surface area (Å²) in [5.74, 6) is -0.586. The molecule has 0 aliphatic carbocycles. The second kappa shape index (κ2) is 5.46. The van der Waals surface area contributed by atoms with Crippen LogP contribution in [0, 0.1) is 5.82 Å². The maximum absolute atomic E-state index is 13.1. The van der Waals surface area contributed by atoms with E-state index in [0.29, 0.717) is 0 Å². The van der Waals surface area contributed by atoms with Crippen LogP contribution in [0.3, 0.4) is 0 Å². The third-order valence-corrected chi connectivity index (χ3v) is 4.16. The first-order valence-corrected chi connectivity index (χ1v) is 7.15. The van der Waals surface area contributed by atoms with E-state index < -0.39 is 21.9 Å². The van der Waals surface area contributed by atoms with Crippen molar-refractivity contribution in [2.45, 2.75) is 17.9 Å². The van der Waals surface area contributed by atoms with Crippen molar-refractivity contribution in [3.8, 4) is 0 Å². The van der Waals surface area contributed by atoms with Gasteiger partial charge in [0.25, 0.3) is 0 Å². The van der Waals surface area contributed by atoms with Crippen LogP contribution in [-0.4, -0.2) is 13.4 Å². The van der Waals surface area contributed by atoms with E-state index >= 15 is 0 Å². The van der Waals surface area contributed by atoms with Gasteiger partial charge in [0.1, 0.15) is 5.82 Å². The Bertz CT molecular complexity index is 659. The van der Waals surface area contributed by atoms with Gasteiger partial charge in [0.15, 0.2) is 0 Å². The van der Waals surface area contributed by atoms with Crippen molar-refractivity contribution in [1.82, 2.24) is 9.71 Å². The van der Waals surface area contributed by atoms with Gasteiger partial charge in [0.2, 0.25) is 10.0 Å². The molecule has 6 heteroatoms. The largest absolute Gasteiger partial charge is 0.264 e. The fraction of sp³-hybridized carbons (Fsp3) is 0.154. The second-order valence-corrected chi connectivity index (χ2v) is 5.80. The minimum atomic E-state index is -3.75. The summed E-state index contributed by atoms with van der Waals surface area (Å²) in [6.45, 7) is 1.70. The number of pyridine rings is 1. The molecule has 1 heterocycles. The van der Waals surface area contributed by atoms with Crippen LogP contribution in [0.1, 0.15) is 18.5 Å². The van der Waals surface area contributed by atoms with Crippen molar-refractivity contribution in [1.29, 1.82) is 0 Å². The maximum Gasteiger partial charge on any atom is 0.241 e.